The number of fused-ring (bicyclic) bond motifs is 3. The number of nitrogens with one attached hydrogen (secondary N) is 1. The number of pyridine rings is 1. The Hall–Kier alpha value is -4.55. The standard InChI is InChI=1S/C32H36N4O8/c1-31(2,3)19-11-16(13-35-30(43)14-7-6-8-34-12-14)17-9-15-10-18-23(36(4)5)26(39)22(29(33)42)28(41)32(18,44)27(40)20(15)25(38)21(17)24(19)37/h6-8,11-12,15,18,23,37-38,41,44H,9-10,13H2,1-5H3,(H2,33,42)(H,35,43)/t15?,18?,23-,32-/m0/s1. The van der Waals surface area contributed by atoms with Gasteiger partial charge in [-0.15, -0.1) is 0 Å². The molecule has 1 aromatic heterocycles. The SMILES string of the molecule is CN(C)[C@@H]1C(=O)C(C(N)=O)=C(O)[C@@]2(O)C(=O)C3=C(O)c4c(O)c(C(C)(C)C)cc(CNC(=O)c5cccnc5)c4CC3CC12. The van der Waals surface area contributed by atoms with Crippen molar-refractivity contribution in [1.82, 2.24) is 15.2 Å². The highest BCUT2D eigenvalue weighted by Gasteiger charge is 2.64. The molecule has 3 aliphatic rings. The number of likely N-dealkylation sites (N-methyl/N-ethyl adjacent to an activating group) is 1. The van der Waals surface area contributed by atoms with Gasteiger partial charge in [0.05, 0.1) is 17.2 Å². The Morgan fingerprint density at radius 2 is 1.86 bits per heavy atom. The second-order valence-corrected chi connectivity index (χ2v) is 12.9. The molecule has 0 saturated heterocycles. The summed E-state index contributed by atoms with van der Waals surface area (Å²) in [4.78, 5) is 58.0. The third-order valence-electron chi connectivity index (χ3n) is 8.98. The smallest absolute Gasteiger partial charge is 0.255 e. The lowest BCUT2D eigenvalue weighted by Crippen LogP contribution is -2.65. The third kappa shape index (κ3) is 4.56. The number of hydrogen-bond acceptors (Lipinski definition) is 10. The quantitative estimate of drug-likeness (QED) is 0.272. The van der Waals surface area contributed by atoms with Crippen LogP contribution >= 0.6 is 0 Å². The van der Waals surface area contributed by atoms with Crippen LogP contribution in [0.1, 0.15) is 59.8 Å². The summed E-state index contributed by atoms with van der Waals surface area (Å²) in [5.41, 5.74) is 2.82. The number of hydrogen-bond donors (Lipinski definition) is 6. The Morgan fingerprint density at radius 1 is 1.18 bits per heavy atom. The molecule has 7 N–H and O–H groups in total. The number of amides is 2. The Balaban J connectivity index is 1.68. The van der Waals surface area contributed by atoms with Crippen LogP contribution in [0.3, 0.4) is 0 Å². The van der Waals surface area contributed by atoms with E-state index in [2.05, 4.69) is 10.3 Å². The zero-order chi connectivity index (χ0) is 32.5. The molecule has 1 fully saturated rings. The number of phenolic OH excluding ortho intramolecular Hbond substituents is 1. The largest absolute Gasteiger partial charge is 0.508 e. The van der Waals surface area contributed by atoms with E-state index < -0.39 is 63.5 Å². The number of Topliss-reactive ketones (excluding diaryl/α,β-unsaturated/α-hetero) is 2. The lowest BCUT2D eigenvalue weighted by Gasteiger charge is -2.50. The maximum atomic E-state index is 14.2. The molecule has 44 heavy (non-hydrogen) atoms. The molecule has 12 heteroatoms. The fourth-order valence-corrected chi connectivity index (χ4v) is 6.89. The highest BCUT2D eigenvalue weighted by molar-refractivity contribution is 6.24. The summed E-state index contributed by atoms with van der Waals surface area (Å²) in [6.45, 7) is 5.60. The van der Waals surface area contributed by atoms with Gasteiger partial charge in [-0.05, 0) is 67.6 Å². The predicted molar refractivity (Wildman–Crippen MR) is 158 cm³/mol. The van der Waals surface area contributed by atoms with Crippen molar-refractivity contribution in [3.05, 3.63) is 75.3 Å². The van der Waals surface area contributed by atoms with Gasteiger partial charge in [-0.1, -0.05) is 20.8 Å². The van der Waals surface area contributed by atoms with E-state index in [9.17, 15) is 39.6 Å². The predicted octanol–water partition coefficient (Wildman–Crippen LogP) is 1.59. The topological polar surface area (TPSA) is 203 Å². The van der Waals surface area contributed by atoms with Gasteiger partial charge in [0.25, 0.3) is 11.8 Å². The molecule has 1 heterocycles. The van der Waals surface area contributed by atoms with Gasteiger partial charge >= 0.3 is 0 Å². The molecule has 1 aromatic carbocycles. The first-order chi connectivity index (χ1) is 20.5. The number of rotatable bonds is 5. The van der Waals surface area contributed by atoms with Crippen molar-refractivity contribution in [2.75, 3.05) is 14.1 Å². The first-order valence-corrected chi connectivity index (χ1v) is 14.2. The van der Waals surface area contributed by atoms with Crippen molar-refractivity contribution in [2.45, 2.75) is 57.2 Å². The first-order valence-electron chi connectivity index (χ1n) is 14.2. The second-order valence-electron chi connectivity index (χ2n) is 12.9. The lowest BCUT2D eigenvalue weighted by atomic mass is 9.57. The van der Waals surface area contributed by atoms with Crippen LogP contribution in [0.25, 0.3) is 5.76 Å². The number of aromatic hydroxyl groups is 1. The van der Waals surface area contributed by atoms with E-state index in [0.29, 0.717) is 22.3 Å². The molecule has 2 amide bonds. The summed E-state index contributed by atoms with van der Waals surface area (Å²) >= 11 is 0. The summed E-state index contributed by atoms with van der Waals surface area (Å²) in [5, 5.41) is 48.9. The van der Waals surface area contributed by atoms with E-state index in [0.717, 1.165) is 0 Å². The maximum Gasteiger partial charge on any atom is 0.255 e. The number of aromatic nitrogens is 1. The van der Waals surface area contributed by atoms with Crippen LogP contribution in [0.5, 0.6) is 5.75 Å². The molecule has 0 radical (unpaired) electrons. The number of benzene rings is 1. The van der Waals surface area contributed by atoms with Crippen LogP contribution in [0.4, 0.5) is 0 Å². The van der Waals surface area contributed by atoms with E-state index in [4.69, 9.17) is 5.73 Å². The number of nitrogens with two attached hydrogens (primary N) is 1. The molecule has 2 unspecified atom stereocenters. The minimum Gasteiger partial charge on any atom is -0.508 e. The molecule has 2 aromatic rings. The monoisotopic (exact) mass is 604 g/mol. The summed E-state index contributed by atoms with van der Waals surface area (Å²) in [6, 6.07) is 3.83. The fraction of sp³-hybridized carbons (Fsp3) is 0.406. The molecule has 0 aliphatic heterocycles. The highest BCUT2D eigenvalue weighted by Crippen LogP contribution is 2.54. The molecular weight excluding hydrogens is 568 g/mol. The zero-order valence-electron chi connectivity index (χ0n) is 25.1. The number of aliphatic hydroxyl groups is 3. The molecule has 0 bridgehead atoms. The molecule has 12 nitrogen and oxygen atoms in total. The van der Waals surface area contributed by atoms with Crippen molar-refractivity contribution in [3.8, 4) is 5.75 Å². The summed E-state index contributed by atoms with van der Waals surface area (Å²) in [6.07, 6.45) is 3.06. The number of carbonyl (C=O) groups is 4. The molecular formula is C32H36N4O8. The Kier molecular flexibility index (Phi) is 7.42. The molecule has 0 spiro atoms. The lowest BCUT2D eigenvalue weighted by molar-refractivity contribution is -0.153. The van der Waals surface area contributed by atoms with Crippen molar-refractivity contribution < 1.29 is 39.6 Å². The van der Waals surface area contributed by atoms with E-state index in [1.807, 2.05) is 20.8 Å². The minimum absolute atomic E-state index is 0.0145. The number of primary amides is 1. The molecule has 5 rings (SSSR count). The third-order valence-corrected chi connectivity index (χ3v) is 8.98. The van der Waals surface area contributed by atoms with E-state index in [1.54, 1.807) is 38.5 Å². The Bertz CT molecular complexity index is 1670. The van der Waals surface area contributed by atoms with Crippen LogP contribution in [0, 0.1) is 11.8 Å². The average Bonchev–Trinajstić information content (AvgIpc) is 2.93. The first kappa shape index (κ1) is 30.9. The number of phenols is 1. The van der Waals surface area contributed by atoms with E-state index in [-0.39, 0.29) is 42.2 Å². The van der Waals surface area contributed by atoms with Crippen LogP contribution in [0.2, 0.25) is 0 Å². The van der Waals surface area contributed by atoms with Gasteiger partial charge in [0.1, 0.15) is 22.8 Å². The molecule has 3 aliphatic carbocycles. The Labute approximate surface area is 253 Å². The number of aliphatic hydroxyl groups excluding tert-OH is 2. The van der Waals surface area contributed by atoms with Gasteiger partial charge in [0.2, 0.25) is 5.78 Å². The van der Waals surface area contributed by atoms with Gasteiger partial charge in [-0.25, -0.2) is 0 Å². The molecule has 4 atom stereocenters. The van der Waals surface area contributed by atoms with Crippen molar-refractivity contribution >= 4 is 29.1 Å². The van der Waals surface area contributed by atoms with E-state index in [1.165, 1.54) is 11.1 Å². The van der Waals surface area contributed by atoms with Crippen LogP contribution in [-0.2, 0) is 32.8 Å². The minimum atomic E-state index is -2.72. The molecule has 232 valence electrons. The summed E-state index contributed by atoms with van der Waals surface area (Å²) in [7, 11) is 3.09. The van der Waals surface area contributed by atoms with Crippen molar-refractivity contribution in [2.24, 2.45) is 17.6 Å². The van der Waals surface area contributed by atoms with E-state index >= 15 is 0 Å². The number of carbonyl (C=O) groups excluding carboxylic acids is 4. The van der Waals surface area contributed by atoms with Gasteiger partial charge in [0.15, 0.2) is 11.4 Å². The average molecular weight is 605 g/mol. The summed E-state index contributed by atoms with van der Waals surface area (Å²) in [5.74, 6) is -7.46. The number of nitrogens with zero attached hydrogens (tertiary/aromatic N) is 2. The van der Waals surface area contributed by atoms with Crippen molar-refractivity contribution in [1.29, 1.82) is 0 Å². The van der Waals surface area contributed by atoms with Gasteiger partial charge in [-0.3, -0.25) is 29.1 Å². The van der Waals surface area contributed by atoms with Crippen molar-refractivity contribution in [3.63, 3.8) is 0 Å². The second kappa shape index (κ2) is 10.6. The fourth-order valence-electron chi connectivity index (χ4n) is 6.89. The van der Waals surface area contributed by atoms with Gasteiger partial charge in [0, 0.05) is 36.0 Å². The van der Waals surface area contributed by atoms with Gasteiger partial charge in [-0.2, -0.15) is 0 Å². The van der Waals surface area contributed by atoms with Gasteiger partial charge < -0.3 is 31.5 Å². The maximum absolute atomic E-state index is 14.2. The number of ketones is 2. The van der Waals surface area contributed by atoms with Crippen LogP contribution in [0.15, 0.2) is 47.5 Å². The summed E-state index contributed by atoms with van der Waals surface area (Å²) < 4.78 is 0. The zero-order valence-corrected chi connectivity index (χ0v) is 25.1. The normalized spacial score (nSPS) is 25.0. The Morgan fingerprint density at radius 3 is 2.43 bits per heavy atom. The van der Waals surface area contributed by atoms with Crippen LogP contribution < -0.4 is 11.1 Å². The molecule has 1 saturated carbocycles. The van der Waals surface area contributed by atoms with Crippen LogP contribution in [-0.4, -0.2) is 79.4 Å². The highest BCUT2D eigenvalue weighted by atomic mass is 16.3.